The molecule has 1 atom stereocenters. The Morgan fingerprint density at radius 3 is 2.52 bits per heavy atom. The van der Waals surface area contributed by atoms with Gasteiger partial charge >= 0.3 is 0 Å². The standard InChI is InChI=1S/C24H29N3O4/c28-23(20-3-1-4-21(15-20)26-24(29)22-5-2-12-31-22)25-16-18-6-8-19(9-7-18)17-27-10-13-30-14-11-27/h1,3-4,6-9,15,22H,2,5,10-14,16-17H2,(H,25,28)(H,26,29)/t22-/m0/s1. The Bertz CT molecular complexity index is 888. The van der Waals surface area contributed by atoms with Crippen LogP contribution >= 0.6 is 0 Å². The zero-order valence-corrected chi connectivity index (χ0v) is 17.6. The average Bonchev–Trinajstić information content (AvgIpc) is 3.35. The van der Waals surface area contributed by atoms with Crippen LogP contribution in [0.5, 0.6) is 0 Å². The highest BCUT2D eigenvalue weighted by atomic mass is 16.5. The van der Waals surface area contributed by atoms with Crippen LogP contribution in [0.25, 0.3) is 0 Å². The highest BCUT2D eigenvalue weighted by Crippen LogP contribution is 2.16. The van der Waals surface area contributed by atoms with Crippen LogP contribution in [0, 0.1) is 0 Å². The van der Waals surface area contributed by atoms with Gasteiger partial charge in [0.05, 0.1) is 13.2 Å². The van der Waals surface area contributed by atoms with Crippen molar-refractivity contribution in [1.29, 1.82) is 0 Å². The number of nitrogens with one attached hydrogen (secondary N) is 2. The molecular formula is C24H29N3O4. The largest absolute Gasteiger partial charge is 0.379 e. The van der Waals surface area contributed by atoms with Crippen molar-refractivity contribution in [2.24, 2.45) is 0 Å². The van der Waals surface area contributed by atoms with E-state index in [4.69, 9.17) is 9.47 Å². The van der Waals surface area contributed by atoms with Gasteiger partial charge in [0.1, 0.15) is 6.10 Å². The molecule has 2 N–H and O–H groups in total. The molecule has 2 aliphatic rings. The van der Waals surface area contributed by atoms with Crippen molar-refractivity contribution < 1.29 is 19.1 Å². The van der Waals surface area contributed by atoms with Crippen LogP contribution in [-0.4, -0.2) is 55.7 Å². The van der Waals surface area contributed by atoms with Crippen LogP contribution in [0.15, 0.2) is 48.5 Å². The molecule has 0 spiro atoms. The molecule has 2 aromatic carbocycles. The van der Waals surface area contributed by atoms with Crippen molar-refractivity contribution in [3.8, 4) is 0 Å². The Morgan fingerprint density at radius 1 is 1.00 bits per heavy atom. The van der Waals surface area contributed by atoms with Crippen molar-refractivity contribution in [2.75, 3.05) is 38.2 Å². The molecule has 0 bridgehead atoms. The number of amides is 2. The summed E-state index contributed by atoms with van der Waals surface area (Å²) in [5.74, 6) is -0.335. The SMILES string of the molecule is O=C(NCc1ccc(CN2CCOCC2)cc1)c1cccc(NC(=O)[C@@H]2CCCO2)c1. The zero-order valence-electron chi connectivity index (χ0n) is 17.6. The molecule has 164 valence electrons. The van der Waals surface area contributed by atoms with E-state index in [1.54, 1.807) is 24.3 Å². The van der Waals surface area contributed by atoms with Crippen LogP contribution in [0.3, 0.4) is 0 Å². The predicted molar refractivity (Wildman–Crippen MR) is 118 cm³/mol. The summed E-state index contributed by atoms with van der Waals surface area (Å²) in [6.45, 7) is 5.50. The average molecular weight is 424 g/mol. The molecule has 0 saturated carbocycles. The van der Waals surface area contributed by atoms with Crippen LogP contribution in [0.2, 0.25) is 0 Å². The Hall–Kier alpha value is -2.74. The van der Waals surface area contributed by atoms with Crippen molar-refractivity contribution in [2.45, 2.75) is 32.0 Å². The molecular weight excluding hydrogens is 394 g/mol. The summed E-state index contributed by atoms with van der Waals surface area (Å²) in [4.78, 5) is 27.2. The first kappa shape index (κ1) is 21.5. The molecule has 2 heterocycles. The second-order valence-electron chi connectivity index (χ2n) is 7.96. The molecule has 31 heavy (non-hydrogen) atoms. The van der Waals surface area contributed by atoms with Gasteiger partial charge in [0.25, 0.3) is 11.8 Å². The number of morpholine rings is 1. The monoisotopic (exact) mass is 423 g/mol. The summed E-state index contributed by atoms with van der Waals surface area (Å²) in [6.07, 6.45) is 1.23. The number of hydrogen-bond donors (Lipinski definition) is 2. The van der Waals surface area contributed by atoms with E-state index >= 15 is 0 Å². The van der Waals surface area contributed by atoms with Gasteiger partial charge in [0.2, 0.25) is 0 Å². The van der Waals surface area contributed by atoms with Gasteiger partial charge in [-0.3, -0.25) is 14.5 Å². The lowest BCUT2D eigenvalue weighted by Crippen LogP contribution is -2.35. The number of carbonyl (C=O) groups excluding carboxylic acids is 2. The lowest BCUT2D eigenvalue weighted by Gasteiger charge is -2.26. The first-order valence-electron chi connectivity index (χ1n) is 10.9. The van der Waals surface area contributed by atoms with Gasteiger partial charge in [-0.25, -0.2) is 0 Å². The van der Waals surface area contributed by atoms with E-state index in [0.717, 1.165) is 51.3 Å². The maximum atomic E-state index is 12.6. The minimum atomic E-state index is -0.399. The third-order valence-corrected chi connectivity index (χ3v) is 5.60. The number of nitrogens with zero attached hydrogens (tertiary/aromatic N) is 1. The van der Waals surface area contributed by atoms with Gasteiger partial charge in [0, 0.05) is 44.0 Å². The molecule has 2 aliphatic heterocycles. The topological polar surface area (TPSA) is 79.9 Å². The molecule has 0 aliphatic carbocycles. The van der Waals surface area contributed by atoms with Crippen molar-refractivity contribution >= 4 is 17.5 Å². The molecule has 2 saturated heterocycles. The normalized spacial score (nSPS) is 19.2. The van der Waals surface area contributed by atoms with E-state index in [0.29, 0.717) is 24.4 Å². The number of benzene rings is 2. The van der Waals surface area contributed by atoms with Crippen molar-refractivity contribution in [1.82, 2.24) is 10.2 Å². The number of rotatable bonds is 7. The van der Waals surface area contributed by atoms with Crippen LogP contribution < -0.4 is 10.6 Å². The molecule has 2 aromatic rings. The zero-order chi connectivity index (χ0) is 21.5. The van der Waals surface area contributed by atoms with Gasteiger partial charge in [-0.1, -0.05) is 30.3 Å². The lowest BCUT2D eigenvalue weighted by atomic mass is 10.1. The maximum Gasteiger partial charge on any atom is 0.253 e. The van der Waals surface area contributed by atoms with Crippen LogP contribution in [0.1, 0.15) is 34.3 Å². The Balaban J connectivity index is 1.27. The first-order valence-corrected chi connectivity index (χ1v) is 10.9. The number of ether oxygens (including phenoxy) is 2. The first-order chi connectivity index (χ1) is 15.2. The summed E-state index contributed by atoms with van der Waals surface area (Å²) in [6, 6.07) is 15.3. The van der Waals surface area contributed by atoms with Gasteiger partial charge < -0.3 is 20.1 Å². The second-order valence-corrected chi connectivity index (χ2v) is 7.96. The van der Waals surface area contributed by atoms with Gasteiger partial charge in [-0.15, -0.1) is 0 Å². The van der Waals surface area contributed by atoms with E-state index in [2.05, 4.69) is 27.7 Å². The van der Waals surface area contributed by atoms with E-state index in [-0.39, 0.29) is 11.8 Å². The quantitative estimate of drug-likeness (QED) is 0.716. The van der Waals surface area contributed by atoms with E-state index < -0.39 is 6.10 Å². The smallest absolute Gasteiger partial charge is 0.253 e. The molecule has 4 rings (SSSR count). The minimum absolute atomic E-state index is 0.160. The van der Waals surface area contributed by atoms with E-state index in [1.165, 1.54) is 5.56 Å². The fourth-order valence-corrected chi connectivity index (χ4v) is 3.81. The summed E-state index contributed by atoms with van der Waals surface area (Å²) >= 11 is 0. The van der Waals surface area contributed by atoms with E-state index in [1.807, 2.05) is 12.1 Å². The fraction of sp³-hybridized carbons (Fsp3) is 0.417. The molecule has 0 unspecified atom stereocenters. The van der Waals surface area contributed by atoms with Crippen molar-refractivity contribution in [3.05, 3.63) is 65.2 Å². The molecule has 7 heteroatoms. The third-order valence-electron chi connectivity index (χ3n) is 5.60. The summed E-state index contributed by atoms with van der Waals surface area (Å²) in [7, 11) is 0. The molecule has 7 nitrogen and oxygen atoms in total. The Kier molecular flexibility index (Phi) is 7.30. The fourth-order valence-electron chi connectivity index (χ4n) is 3.81. The van der Waals surface area contributed by atoms with Crippen molar-refractivity contribution in [3.63, 3.8) is 0 Å². The second kappa shape index (κ2) is 10.5. The van der Waals surface area contributed by atoms with E-state index in [9.17, 15) is 9.59 Å². The van der Waals surface area contributed by atoms with Crippen LogP contribution in [-0.2, 0) is 27.4 Å². The summed E-state index contributed by atoms with van der Waals surface area (Å²) < 4.78 is 10.8. The predicted octanol–water partition coefficient (Wildman–Crippen LogP) is 2.57. The Morgan fingerprint density at radius 2 is 1.77 bits per heavy atom. The van der Waals surface area contributed by atoms with Gasteiger partial charge in [0.15, 0.2) is 0 Å². The molecule has 0 aromatic heterocycles. The molecule has 0 radical (unpaired) electrons. The summed E-state index contributed by atoms with van der Waals surface area (Å²) in [5.41, 5.74) is 3.41. The van der Waals surface area contributed by atoms with Gasteiger partial charge in [-0.2, -0.15) is 0 Å². The number of anilines is 1. The molecule has 2 amide bonds. The number of hydrogen-bond acceptors (Lipinski definition) is 5. The summed E-state index contributed by atoms with van der Waals surface area (Å²) in [5, 5.41) is 5.79. The minimum Gasteiger partial charge on any atom is -0.379 e. The van der Waals surface area contributed by atoms with Gasteiger partial charge in [-0.05, 0) is 42.2 Å². The third kappa shape index (κ3) is 6.13. The highest BCUT2D eigenvalue weighted by Gasteiger charge is 2.23. The molecule has 2 fully saturated rings. The number of carbonyl (C=O) groups is 2. The maximum absolute atomic E-state index is 12.6. The van der Waals surface area contributed by atoms with Crippen LogP contribution in [0.4, 0.5) is 5.69 Å². The lowest BCUT2D eigenvalue weighted by molar-refractivity contribution is -0.124. The highest BCUT2D eigenvalue weighted by molar-refractivity contribution is 5.98. The Labute approximate surface area is 182 Å².